The molecule has 0 fully saturated rings. The van der Waals surface area contributed by atoms with Crippen LogP contribution < -0.4 is 5.73 Å². The number of hydrogen-bond donors (Lipinski definition) is 1. The third kappa shape index (κ3) is 3.26. The van der Waals surface area contributed by atoms with Gasteiger partial charge in [0.15, 0.2) is 0 Å². The van der Waals surface area contributed by atoms with Gasteiger partial charge in [0.25, 0.3) is 0 Å². The number of rotatable bonds is 4. The molecule has 7 nitrogen and oxygen atoms in total. The standard InChI is InChI=1S/C19H23ClN6O/c1-4-6-15(27)26-8-7-14-12(10-26)16(11(9-21)19(22)23-14)17-13(5-2)24-25(3)18(17)20/h4-8,10H2,1-3H3,(H2,22,23). The molecule has 3 rings (SSSR count). The van der Waals surface area contributed by atoms with Gasteiger partial charge in [-0.1, -0.05) is 25.4 Å². The molecule has 8 heteroatoms. The number of carbonyl (C=O) groups is 1. The van der Waals surface area contributed by atoms with Gasteiger partial charge in [0.1, 0.15) is 22.6 Å². The van der Waals surface area contributed by atoms with E-state index >= 15 is 0 Å². The Morgan fingerprint density at radius 3 is 2.74 bits per heavy atom. The number of nitriles is 1. The van der Waals surface area contributed by atoms with E-state index < -0.39 is 0 Å². The van der Waals surface area contributed by atoms with Gasteiger partial charge in [-0.05, 0) is 12.8 Å². The zero-order chi connectivity index (χ0) is 19.7. The average molecular weight is 387 g/mol. The molecule has 1 aliphatic heterocycles. The van der Waals surface area contributed by atoms with Crippen molar-refractivity contribution in [2.24, 2.45) is 7.05 Å². The molecule has 3 heterocycles. The molecule has 0 radical (unpaired) electrons. The predicted octanol–water partition coefficient (Wildman–Crippen LogP) is 2.84. The van der Waals surface area contributed by atoms with Crippen molar-refractivity contribution >= 4 is 23.3 Å². The van der Waals surface area contributed by atoms with E-state index in [0.29, 0.717) is 54.2 Å². The van der Waals surface area contributed by atoms with Crippen molar-refractivity contribution in [1.29, 1.82) is 5.26 Å². The Kier molecular flexibility index (Phi) is 5.38. The highest BCUT2D eigenvalue weighted by molar-refractivity contribution is 6.32. The predicted molar refractivity (Wildman–Crippen MR) is 104 cm³/mol. The van der Waals surface area contributed by atoms with Crippen molar-refractivity contribution in [2.45, 2.75) is 46.1 Å². The Hall–Kier alpha value is -2.59. The lowest BCUT2D eigenvalue weighted by Crippen LogP contribution is -2.36. The average Bonchev–Trinajstić information content (AvgIpc) is 2.94. The van der Waals surface area contributed by atoms with Crippen molar-refractivity contribution in [3.63, 3.8) is 0 Å². The minimum absolute atomic E-state index is 0.109. The first-order valence-electron chi connectivity index (χ1n) is 9.13. The smallest absolute Gasteiger partial charge is 0.222 e. The van der Waals surface area contributed by atoms with Crippen molar-refractivity contribution < 1.29 is 4.79 Å². The molecule has 0 spiro atoms. The van der Waals surface area contributed by atoms with Crippen LogP contribution in [0.2, 0.25) is 5.15 Å². The van der Waals surface area contributed by atoms with Crippen LogP contribution in [-0.4, -0.2) is 32.1 Å². The molecule has 0 atom stereocenters. The number of hydrogen-bond acceptors (Lipinski definition) is 5. The van der Waals surface area contributed by atoms with Gasteiger partial charge in [-0.2, -0.15) is 10.4 Å². The highest BCUT2D eigenvalue weighted by atomic mass is 35.5. The number of aromatic nitrogens is 3. The number of halogens is 1. The van der Waals surface area contributed by atoms with E-state index in [9.17, 15) is 10.1 Å². The van der Waals surface area contributed by atoms with Gasteiger partial charge < -0.3 is 10.6 Å². The van der Waals surface area contributed by atoms with Crippen LogP contribution in [0.25, 0.3) is 11.1 Å². The van der Waals surface area contributed by atoms with Gasteiger partial charge >= 0.3 is 0 Å². The maximum absolute atomic E-state index is 12.4. The van der Waals surface area contributed by atoms with Crippen LogP contribution in [-0.2, 0) is 31.2 Å². The molecular formula is C19H23ClN6O. The molecule has 0 saturated heterocycles. The largest absolute Gasteiger partial charge is 0.383 e. The Morgan fingerprint density at radius 2 is 2.11 bits per heavy atom. The summed E-state index contributed by atoms with van der Waals surface area (Å²) in [4.78, 5) is 18.7. The van der Waals surface area contributed by atoms with E-state index in [-0.39, 0.29) is 11.7 Å². The normalized spacial score (nSPS) is 13.4. The monoisotopic (exact) mass is 386 g/mol. The number of fused-ring (bicyclic) bond motifs is 1. The summed E-state index contributed by atoms with van der Waals surface area (Å²) in [5.74, 6) is 0.305. The van der Waals surface area contributed by atoms with Crippen LogP contribution >= 0.6 is 11.6 Å². The summed E-state index contributed by atoms with van der Waals surface area (Å²) in [6.07, 6.45) is 2.57. The van der Waals surface area contributed by atoms with Crippen LogP contribution in [0.4, 0.5) is 5.82 Å². The van der Waals surface area contributed by atoms with E-state index in [2.05, 4.69) is 16.2 Å². The molecule has 0 saturated carbocycles. The molecule has 2 aromatic heterocycles. The number of anilines is 1. The Balaban J connectivity index is 2.25. The van der Waals surface area contributed by atoms with Crippen LogP contribution in [0.3, 0.4) is 0 Å². The van der Waals surface area contributed by atoms with E-state index in [1.165, 1.54) is 0 Å². The zero-order valence-electron chi connectivity index (χ0n) is 15.8. The summed E-state index contributed by atoms with van der Waals surface area (Å²) in [5.41, 5.74) is 10.2. The van der Waals surface area contributed by atoms with Gasteiger partial charge in [0, 0.05) is 49.7 Å². The summed E-state index contributed by atoms with van der Waals surface area (Å²) in [6, 6.07) is 2.18. The number of nitrogens with two attached hydrogens (primary N) is 1. The second-order valence-corrected chi connectivity index (χ2v) is 7.05. The summed E-state index contributed by atoms with van der Waals surface area (Å²) in [5, 5.41) is 14.7. The summed E-state index contributed by atoms with van der Waals surface area (Å²) >= 11 is 6.55. The zero-order valence-corrected chi connectivity index (χ0v) is 16.6. The first-order chi connectivity index (χ1) is 12.9. The second kappa shape index (κ2) is 7.57. The number of pyridine rings is 1. The number of nitrogen functional groups attached to an aromatic ring is 1. The van der Waals surface area contributed by atoms with Gasteiger partial charge in [0.2, 0.25) is 5.91 Å². The summed E-state index contributed by atoms with van der Waals surface area (Å²) in [7, 11) is 1.77. The molecule has 142 valence electrons. The Morgan fingerprint density at radius 1 is 1.37 bits per heavy atom. The topological polar surface area (TPSA) is 101 Å². The third-order valence-corrected chi connectivity index (χ3v) is 5.38. The van der Waals surface area contributed by atoms with Crippen molar-refractivity contribution in [1.82, 2.24) is 19.7 Å². The maximum atomic E-state index is 12.4. The fraction of sp³-hybridized carbons (Fsp3) is 0.474. The maximum Gasteiger partial charge on any atom is 0.222 e. The first kappa shape index (κ1) is 19.2. The lowest BCUT2D eigenvalue weighted by molar-refractivity contribution is -0.132. The van der Waals surface area contributed by atoms with Crippen molar-refractivity contribution in [2.75, 3.05) is 12.3 Å². The lowest BCUT2D eigenvalue weighted by Gasteiger charge is -2.30. The van der Waals surface area contributed by atoms with Crippen molar-refractivity contribution in [3.05, 3.63) is 27.7 Å². The molecule has 1 amide bonds. The second-order valence-electron chi connectivity index (χ2n) is 6.69. The summed E-state index contributed by atoms with van der Waals surface area (Å²) in [6.45, 7) is 4.98. The fourth-order valence-electron chi connectivity index (χ4n) is 3.60. The number of aryl methyl sites for hydroxylation is 2. The molecule has 0 aliphatic carbocycles. The molecule has 0 aromatic carbocycles. The molecule has 2 aromatic rings. The highest BCUT2D eigenvalue weighted by Gasteiger charge is 2.30. The summed E-state index contributed by atoms with van der Waals surface area (Å²) < 4.78 is 1.60. The van der Waals surface area contributed by atoms with Crippen LogP contribution in [0.15, 0.2) is 0 Å². The molecule has 1 aliphatic rings. The van der Waals surface area contributed by atoms with Gasteiger partial charge in [-0.15, -0.1) is 0 Å². The number of amides is 1. The molecule has 2 N–H and O–H groups in total. The van der Waals surface area contributed by atoms with Gasteiger partial charge in [0.05, 0.1) is 11.4 Å². The molecule has 27 heavy (non-hydrogen) atoms. The quantitative estimate of drug-likeness (QED) is 0.870. The Labute approximate surface area is 163 Å². The van der Waals surface area contributed by atoms with Crippen molar-refractivity contribution in [3.8, 4) is 17.2 Å². The number of carbonyl (C=O) groups excluding carboxylic acids is 1. The van der Waals surface area contributed by atoms with Crippen LogP contribution in [0, 0.1) is 11.3 Å². The third-order valence-electron chi connectivity index (χ3n) is 4.94. The van der Waals surface area contributed by atoms with E-state index in [0.717, 1.165) is 23.4 Å². The molecule has 0 unspecified atom stereocenters. The molecule has 0 bridgehead atoms. The Bertz CT molecular complexity index is 943. The van der Waals surface area contributed by atoms with Crippen LogP contribution in [0.1, 0.15) is 49.2 Å². The first-order valence-corrected chi connectivity index (χ1v) is 9.51. The van der Waals surface area contributed by atoms with Gasteiger partial charge in [-0.25, -0.2) is 4.98 Å². The minimum Gasteiger partial charge on any atom is -0.383 e. The highest BCUT2D eigenvalue weighted by Crippen LogP contribution is 2.40. The van der Waals surface area contributed by atoms with E-state index in [1.54, 1.807) is 11.7 Å². The van der Waals surface area contributed by atoms with Gasteiger partial charge in [-0.3, -0.25) is 9.48 Å². The fourth-order valence-corrected chi connectivity index (χ4v) is 3.85. The minimum atomic E-state index is 0.109. The van der Waals surface area contributed by atoms with Crippen LogP contribution in [0.5, 0.6) is 0 Å². The SMILES string of the molecule is CCCC(=O)N1CCc2nc(N)c(C#N)c(-c3c(CC)nn(C)c3Cl)c2C1. The van der Waals surface area contributed by atoms with E-state index in [4.69, 9.17) is 17.3 Å². The lowest BCUT2D eigenvalue weighted by atomic mass is 9.90. The van der Waals surface area contributed by atoms with E-state index in [1.807, 2.05) is 18.7 Å². The number of nitrogens with zero attached hydrogens (tertiary/aromatic N) is 5. The molecular weight excluding hydrogens is 364 g/mol.